The first kappa shape index (κ1) is 43.9. The number of nitrogens with zero attached hydrogens (tertiary/aromatic N) is 5. The monoisotopic (exact) mass is 815 g/mol. The van der Waals surface area contributed by atoms with Crippen LogP contribution in [0.15, 0.2) is 78.9 Å². The first-order valence-corrected chi connectivity index (χ1v) is 19.4. The summed E-state index contributed by atoms with van der Waals surface area (Å²) in [5, 5.41) is 40.0. The summed E-state index contributed by atoms with van der Waals surface area (Å²) in [6.45, 7) is 3.71. The molecule has 0 aliphatic carbocycles. The van der Waals surface area contributed by atoms with Gasteiger partial charge in [-0.25, -0.2) is 9.59 Å². The van der Waals surface area contributed by atoms with Crippen LogP contribution < -0.4 is 16.4 Å². The van der Waals surface area contributed by atoms with Gasteiger partial charge in [-0.3, -0.25) is 29.0 Å². The average Bonchev–Trinajstić information content (AvgIpc) is 3.86. The number of likely N-dealkylation sites (tertiary alicyclic amines) is 2. The molecule has 17 heteroatoms. The van der Waals surface area contributed by atoms with E-state index in [1.807, 2.05) is 54.6 Å². The summed E-state index contributed by atoms with van der Waals surface area (Å²) in [7, 11) is 2.37. The number of anilines is 1. The Morgan fingerprint density at radius 3 is 1.29 bits per heavy atom. The quantitative estimate of drug-likeness (QED) is 0.130. The van der Waals surface area contributed by atoms with E-state index in [0.29, 0.717) is 37.1 Å². The van der Waals surface area contributed by atoms with Crippen molar-refractivity contribution in [1.82, 2.24) is 19.6 Å². The number of amides is 6. The van der Waals surface area contributed by atoms with Gasteiger partial charge in [0.25, 0.3) is 0 Å². The van der Waals surface area contributed by atoms with Crippen molar-refractivity contribution in [2.24, 2.45) is 11.5 Å². The summed E-state index contributed by atoms with van der Waals surface area (Å²) in [4.78, 5) is 83.9. The molecule has 2 saturated heterocycles. The van der Waals surface area contributed by atoms with Gasteiger partial charge in [0.1, 0.15) is 23.2 Å². The van der Waals surface area contributed by atoms with Crippen LogP contribution in [0, 0.1) is 0 Å². The Morgan fingerprint density at radius 2 is 0.983 bits per heavy atom. The van der Waals surface area contributed by atoms with Crippen LogP contribution in [-0.4, -0.2) is 127 Å². The van der Waals surface area contributed by atoms with Crippen LogP contribution in [0.5, 0.6) is 0 Å². The highest BCUT2D eigenvalue weighted by molar-refractivity contribution is 5.96. The summed E-state index contributed by atoms with van der Waals surface area (Å²) in [6.07, 6.45) is -4.24. The van der Waals surface area contributed by atoms with Gasteiger partial charge in [-0.05, 0) is 73.9 Å². The van der Waals surface area contributed by atoms with Crippen molar-refractivity contribution in [3.8, 4) is 0 Å². The highest BCUT2D eigenvalue weighted by Crippen LogP contribution is 2.42. The average molecular weight is 816 g/mol. The molecule has 316 valence electrons. The predicted molar refractivity (Wildman–Crippen MR) is 215 cm³/mol. The Balaban J connectivity index is 1.42. The van der Waals surface area contributed by atoms with E-state index in [-0.39, 0.29) is 25.9 Å². The zero-order chi connectivity index (χ0) is 43.4. The molecule has 0 saturated carbocycles. The third-order valence-electron chi connectivity index (χ3n) is 11.7. The fraction of sp³-hybridized carbons (Fsp3) is 0.429. The Bertz CT molecular complexity index is 1910. The van der Waals surface area contributed by atoms with Crippen molar-refractivity contribution in [2.75, 3.05) is 32.1 Å². The lowest BCUT2D eigenvalue weighted by molar-refractivity contribution is -0.150. The number of aliphatic hydroxyl groups is 2. The molecule has 5 rings (SSSR count). The standard InChI is InChI=1S/C42H53N7O10/c1-26(50)33(45(3)39(56)57)35(52)48-22-8-20-41(48,37(43)54)30-16-12-28(13-17-30)24-47(32-10-6-5-7-11-32)25-29-14-18-31(19-15-29)42(38(44)55)21-9-23-49(42)36(53)34(27(2)51)46(4)40(58)59/h5-7,10-19,26-27,33-34,50-51H,8-9,20-25H2,1-4H3,(H2,43,54)(H2,44,55)(H,56,57)(H,58,59)/t26-,27-,33+,34+,41+,42+/m1/s1. The van der Waals surface area contributed by atoms with Crippen LogP contribution in [0.1, 0.15) is 61.8 Å². The van der Waals surface area contributed by atoms with Crippen molar-refractivity contribution in [3.63, 3.8) is 0 Å². The number of benzene rings is 3. The van der Waals surface area contributed by atoms with Crippen LogP contribution in [-0.2, 0) is 43.3 Å². The molecule has 0 aromatic heterocycles. The van der Waals surface area contributed by atoms with E-state index < -0.39 is 71.2 Å². The fourth-order valence-electron chi connectivity index (χ4n) is 8.67. The number of carbonyl (C=O) groups excluding carboxylic acids is 4. The summed E-state index contributed by atoms with van der Waals surface area (Å²) in [5.74, 6) is -3.00. The molecule has 2 aliphatic rings. The van der Waals surface area contributed by atoms with Gasteiger partial charge in [-0.1, -0.05) is 66.7 Å². The van der Waals surface area contributed by atoms with Gasteiger partial charge in [0, 0.05) is 46.0 Å². The zero-order valence-electron chi connectivity index (χ0n) is 33.6. The van der Waals surface area contributed by atoms with Crippen LogP contribution in [0.4, 0.5) is 15.3 Å². The molecule has 0 unspecified atom stereocenters. The predicted octanol–water partition coefficient (Wildman–Crippen LogP) is 2.22. The Morgan fingerprint density at radius 1 is 0.627 bits per heavy atom. The molecule has 2 fully saturated rings. The zero-order valence-corrected chi connectivity index (χ0v) is 33.6. The van der Waals surface area contributed by atoms with Crippen molar-refractivity contribution in [1.29, 1.82) is 0 Å². The second-order valence-electron chi connectivity index (χ2n) is 15.4. The second-order valence-corrected chi connectivity index (χ2v) is 15.4. The van der Waals surface area contributed by atoms with E-state index in [0.717, 1.165) is 26.6 Å². The third kappa shape index (κ3) is 8.38. The normalized spacial score (nSPS) is 20.9. The van der Waals surface area contributed by atoms with Crippen molar-refractivity contribution in [3.05, 3.63) is 101 Å². The maximum Gasteiger partial charge on any atom is 0.407 e. The number of aliphatic hydroxyl groups excluding tert-OH is 2. The molecule has 8 N–H and O–H groups in total. The summed E-state index contributed by atoms with van der Waals surface area (Å²) in [5.41, 5.74) is 12.4. The van der Waals surface area contributed by atoms with Crippen molar-refractivity contribution >= 4 is 41.5 Å². The fourth-order valence-corrected chi connectivity index (χ4v) is 8.67. The SMILES string of the molecule is C[C@@H](O)[C@@H](C(=O)N1CCC[C@@]1(C(N)=O)c1ccc(CN(Cc2ccc([C@]3(C(N)=O)CCCN3C(=O)[C@H]([C@@H](C)O)N(C)C(=O)O)cc2)c2ccccc2)cc1)N(C)C(=O)O. The van der Waals surface area contributed by atoms with Gasteiger partial charge in [-0.15, -0.1) is 0 Å². The van der Waals surface area contributed by atoms with Gasteiger partial charge < -0.3 is 46.6 Å². The lowest BCUT2D eigenvalue weighted by atomic mass is 9.85. The Labute approximate surface area is 342 Å². The van der Waals surface area contributed by atoms with E-state index in [4.69, 9.17) is 11.5 Å². The van der Waals surface area contributed by atoms with E-state index in [1.165, 1.54) is 37.7 Å². The van der Waals surface area contributed by atoms with Crippen LogP contribution >= 0.6 is 0 Å². The highest BCUT2D eigenvalue weighted by Gasteiger charge is 2.54. The molecule has 2 aliphatic heterocycles. The Kier molecular flexibility index (Phi) is 13.2. The summed E-state index contributed by atoms with van der Waals surface area (Å²) >= 11 is 0. The highest BCUT2D eigenvalue weighted by atomic mass is 16.4. The minimum absolute atomic E-state index is 0.139. The first-order chi connectivity index (χ1) is 27.9. The number of carboxylic acid groups (broad SMARTS) is 2. The molecule has 2 heterocycles. The minimum Gasteiger partial charge on any atom is -0.465 e. The largest absolute Gasteiger partial charge is 0.465 e. The molecule has 0 spiro atoms. The molecule has 6 amide bonds. The lowest BCUT2D eigenvalue weighted by Gasteiger charge is -2.40. The number of hydrogen-bond donors (Lipinski definition) is 6. The number of carbonyl (C=O) groups is 6. The van der Waals surface area contributed by atoms with Crippen LogP contribution in [0.3, 0.4) is 0 Å². The van der Waals surface area contributed by atoms with Crippen molar-refractivity contribution in [2.45, 2.75) is 88.0 Å². The van der Waals surface area contributed by atoms with Crippen LogP contribution in [0.2, 0.25) is 0 Å². The molecular weight excluding hydrogens is 763 g/mol. The number of primary amides is 2. The third-order valence-corrected chi connectivity index (χ3v) is 11.7. The smallest absolute Gasteiger partial charge is 0.407 e. The van der Waals surface area contributed by atoms with E-state index in [1.54, 1.807) is 24.3 Å². The number of rotatable bonds is 15. The van der Waals surface area contributed by atoms with Gasteiger partial charge in [0.05, 0.1) is 12.2 Å². The summed E-state index contributed by atoms with van der Waals surface area (Å²) in [6, 6.07) is 21.0. The van der Waals surface area contributed by atoms with Crippen molar-refractivity contribution < 1.29 is 49.2 Å². The molecule has 6 atom stereocenters. The number of hydrogen-bond acceptors (Lipinski definition) is 9. The Hall–Kier alpha value is -6.20. The summed E-state index contributed by atoms with van der Waals surface area (Å²) < 4.78 is 0. The number of nitrogens with two attached hydrogens (primary N) is 2. The van der Waals surface area contributed by atoms with Gasteiger partial charge >= 0.3 is 12.2 Å². The van der Waals surface area contributed by atoms with Gasteiger partial charge in [0.15, 0.2) is 0 Å². The van der Waals surface area contributed by atoms with E-state index in [9.17, 15) is 49.2 Å². The van der Waals surface area contributed by atoms with Gasteiger partial charge in [0.2, 0.25) is 23.6 Å². The molecule has 0 radical (unpaired) electrons. The number of para-hydroxylation sites is 1. The van der Waals surface area contributed by atoms with E-state index >= 15 is 0 Å². The molecule has 3 aromatic rings. The lowest BCUT2D eigenvalue weighted by Crippen LogP contribution is -2.60. The second kappa shape index (κ2) is 17.7. The maximum atomic E-state index is 13.8. The van der Waals surface area contributed by atoms with Gasteiger partial charge in [-0.2, -0.15) is 0 Å². The molecular formula is C42H53N7O10. The first-order valence-electron chi connectivity index (χ1n) is 19.4. The molecule has 3 aromatic carbocycles. The molecule has 59 heavy (non-hydrogen) atoms. The van der Waals surface area contributed by atoms with Crippen LogP contribution in [0.25, 0.3) is 0 Å². The minimum atomic E-state index is -1.56. The van der Waals surface area contributed by atoms with E-state index in [2.05, 4.69) is 4.90 Å². The maximum absolute atomic E-state index is 13.8. The number of likely N-dealkylation sites (N-methyl/N-ethyl adjacent to an activating group) is 2. The topological polar surface area (TPSA) is 252 Å². The molecule has 17 nitrogen and oxygen atoms in total. The molecule has 0 bridgehead atoms.